The summed E-state index contributed by atoms with van der Waals surface area (Å²) in [4.78, 5) is 14.4. The number of phenols is 1. The van der Waals surface area contributed by atoms with E-state index >= 15 is 0 Å². The van der Waals surface area contributed by atoms with Crippen molar-refractivity contribution in [1.29, 1.82) is 0 Å². The van der Waals surface area contributed by atoms with Crippen molar-refractivity contribution >= 4 is 17.4 Å². The van der Waals surface area contributed by atoms with E-state index in [0.717, 1.165) is 24.2 Å². The number of aromatic nitrogens is 1. The fourth-order valence-electron chi connectivity index (χ4n) is 2.79. The second kappa shape index (κ2) is 6.88. The van der Waals surface area contributed by atoms with E-state index < -0.39 is 0 Å². The van der Waals surface area contributed by atoms with Crippen molar-refractivity contribution in [3.8, 4) is 5.75 Å². The van der Waals surface area contributed by atoms with Gasteiger partial charge in [-0.3, -0.25) is 15.0 Å². The Kier molecular flexibility index (Phi) is 4.66. The number of amides is 1. The minimum Gasteiger partial charge on any atom is -0.508 e. The molecular weight excluding hydrogens is 306 g/mol. The highest BCUT2D eigenvalue weighted by Gasteiger charge is 2.24. The summed E-state index contributed by atoms with van der Waals surface area (Å²) in [6.45, 7) is 5.21. The van der Waals surface area contributed by atoms with E-state index in [-0.39, 0.29) is 17.7 Å². The Hall–Kier alpha value is -2.60. The first kappa shape index (κ1) is 16.3. The summed E-state index contributed by atoms with van der Waals surface area (Å²) in [6, 6.07) is 8.66. The molecule has 0 saturated carbocycles. The van der Waals surface area contributed by atoms with Gasteiger partial charge in [0.15, 0.2) is 0 Å². The van der Waals surface area contributed by atoms with E-state index in [4.69, 9.17) is 4.52 Å². The van der Waals surface area contributed by atoms with Gasteiger partial charge in [-0.1, -0.05) is 23.4 Å². The van der Waals surface area contributed by atoms with Gasteiger partial charge in [0.05, 0.1) is 11.7 Å². The fourth-order valence-corrected chi connectivity index (χ4v) is 2.79. The molecule has 1 unspecified atom stereocenters. The van der Waals surface area contributed by atoms with Crippen molar-refractivity contribution in [2.24, 2.45) is 0 Å². The lowest BCUT2D eigenvalue weighted by atomic mass is 9.98. The zero-order chi connectivity index (χ0) is 17.1. The van der Waals surface area contributed by atoms with Crippen LogP contribution in [-0.4, -0.2) is 40.2 Å². The van der Waals surface area contributed by atoms with E-state index in [1.54, 1.807) is 18.2 Å². The molecule has 1 aromatic heterocycles. The van der Waals surface area contributed by atoms with Crippen LogP contribution in [0.15, 0.2) is 40.9 Å². The molecule has 6 nitrogen and oxygen atoms in total. The van der Waals surface area contributed by atoms with Crippen molar-refractivity contribution in [3.05, 3.63) is 47.7 Å². The Morgan fingerprint density at radius 3 is 2.71 bits per heavy atom. The molecule has 126 valence electrons. The van der Waals surface area contributed by atoms with E-state index in [0.29, 0.717) is 12.4 Å². The standard InChI is InChI=1S/C18H21N3O3/c1-12-11-17(24-20-12)19-18(23)13(2)21-9-7-15(8-10-21)14-3-5-16(22)6-4-14/h3-7,11,13,22H,8-10H2,1-2H3,(H,19,23). The number of nitrogens with zero attached hydrogens (tertiary/aromatic N) is 2. The maximum absolute atomic E-state index is 12.3. The number of hydrogen-bond acceptors (Lipinski definition) is 5. The third-order valence-electron chi connectivity index (χ3n) is 4.28. The molecule has 6 heteroatoms. The number of anilines is 1. The first-order chi connectivity index (χ1) is 11.5. The highest BCUT2D eigenvalue weighted by atomic mass is 16.5. The first-order valence-corrected chi connectivity index (χ1v) is 7.99. The predicted molar refractivity (Wildman–Crippen MR) is 91.6 cm³/mol. The van der Waals surface area contributed by atoms with Gasteiger partial charge < -0.3 is 9.63 Å². The second-order valence-corrected chi connectivity index (χ2v) is 6.02. The summed E-state index contributed by atoms with van der Waals surface area (Å²) >= 11 is 0. The number of nitrogens with one attached hydrogen (secondary N) is 1. The van der Waals surface area contributed by atoms with Crippen LogP contribution in [0.25, 0.3) is 5.57 Å². The maximum atomic E-state index is 12.3. The molecule has 2 N–H and O–H groups in total. The molecule has 1 atom stereocenters. The molecule has 0 fully saturated rings. The van der Waals surface area contributed by atoms with E-state index in [1.165, 1.54) is 5.57 Å². The van der Waals surface area contributed by atoms with Crippen LogP contribution >= 0.6 is 0 Å². The minimum absolute atomic E-state index is 0.104. The molecule has 1 aliphatic rings. The summed E-state index contributed by atoms with van der Waals surface area (Å²) in [6.07, 6.45) is 3.00. The van der Waals surface area contributed by atoms with Gasteiger partial charge in [-0.05, 0) is 43.5 Å². The number of phenolic OH excluding ortho intramolecular Hbond substituents is 1. The Balaban J connectivity index is 1.60. The molecule has 2 heterocycles. The number of hydrogen-bond donors (Lipinski definition) is 2. The normalized spacial score (nSPS) is 16.5. The highest BCUT2D eigenvalue weighted by Crippen LogP contribution is 2.25. The smallest absolute Gasteiger partial charge is 0.243 e. The number of carbonyl (C=O) groups is 1. The van der Waals surface area contributed by atoms with Gasteiger partial charge in [0.2, 0.25) is 11.8 Å². The predicted octanol–water partition coefficient (Wildman–Crippen LogP) is 2.80. The molecule has 0 saturated heterocycles. The molecular formula is C18H21N3O3. The molecule has 1 aromatic carbocycles. The number of carbonyl (C=O) groups excluding carboxylic acids is 1. The molecule has 0 radical (unpaired) electrons. The molecule has 1 amide bonds. The van der Waals surface area contributed by atoms with Crippen LogP contribution in [0.2, 0.25) is 0 Å². The molecule has 1 aliphatic heterocycles. The van der Waals surface area contributed by atoms with Crippen molar-refractivity contribution in [2.45, 2.75) is 26.3 Å². The van der Waals surface area contributed by atoms with Crippen LogP contribution in [0, 0.1) is 6.92 Å². The Labute approximate surface area is 140 Å². The first-order valence-electron chi connectivity index (χ1n) is 7.99. The van der Waals surface area contributed by atoms with E-state index in [9.17, 15) is 9.90 Å². The SMILES string of the molecule is Cc1cc(NC(=O)C(C)N2CC=C(c3ccc(O)cc3)CC2)on1. The number of rotatable bonds is 4. The molecule has 24 heavy (non-hydrogen) atoms. The monoisotopic (exact) mass is 327 g/mol. The molecule has 2 aromatic rings. The molecule has 0 spiro atoms. The van der Waals surface area contributed by atoms with Crippen LogP contribution in [0.3, 0.4) is 0 Å². The Morgan fingerprint density at radius 2 is 2.12 bits per heavy atom. The summed E-state index contributed by atoms with van der Waals surface area (Å²) in [5.74, 6) is 0.541. The van der Waals surface area contributed by atoms with Crippen molar-refractivity contribution in [1.82, 2.24) is 10.1 Å². The zero-order valence-corrected chi connectivity index (χ0v) is 13.8. The molecule has 3 rings (SSSR count). The lowest BCUT2D eigenvalue weighted by molar-refractivity contribution is -0.120. The average Bonchev–Trinajstić information content (AvgIpc) is 3.00. The zero-order valence-electron chi connectivity index (χ0n) is 13.8. The summed E-state index contributed by atoms with van der Waals surface area (Å²) in [7, 11) is 0. The van der Waals surface area contributed by atoms with Gasteiger partial charge in [-0.15, -0.1) is 0 Å². The lowest BCUT2D eigenvalue weighted by Crippen LogP contribution is -2.43. The lowest BCUT2D eigenvalue weighted by Gasteiger charge is -2.30. The number of aryl methyl sites for hydroxylation is 1. The third kappa shape index (κ3) is 3.65. The van der Waals surface area contributed by atoms with Gasteiger partial charge >= 0.3 is 0 Å². The Morgan fingerprint density at radius 1 is 1.38 bits per heavy atom. The quantitative estimate of drug-likeness (QED) is 0.903. The van der Waals surface area contributed by atoms with Crippen molar-refractivity contribution < 1.29 is 14.4 Å². The molecule has 0 aliphatic carbocycles. The second-order valence-electron chi connectivity index (χ2n) is 6.02. The fraction of sp³-hybridized carbons (Fsp3) is 0.333. The van der Waals surface area contributed by atoms with Gasteiger partial charge in [-0.25, -0.2) is 0 Å². The van der Waals surface area contributed by atoms with E-state index in [2.05, 4.69) is 21.4 Å². The van der Waals surface area contributed by atoms with Crippen LogP contribution in [-0.2, 0) is 4.79 Å². The third-order valence-corrected chi connectivity index (χ3v) is 4.28. The minimum atomic E-state index is -0.256. The number of benzene rings is 1. The largest absolute Gasteiger partial charge is 0.508 e. The topological polar surface area (TPSA) is 78.6 Å². The maximum Gasteiger partial charge on any atom is 0.243 e. The van der Waals surface area contributed by atoms with Crippen molar-refractivity contribution in [3.63, 3.8) is 0 Å². The van der Waals surface area contributed by atoms with Crippen LogP contribution in [0.5, 0.6) is 5.75 Å². The van der Waals surface area contributed by atoms with Crippen molar-refractivity contribution in [2.75, 3.05) is 18.4 Å². The summed E-state index contributed by atoms with van der Waals surface area (Å²) in [5, 5.41) is 15.9. The number of aromatic hydroxyl groups is 1. The Bertz CT molecular complexity index is 749. The average molecular weight is 327 g/mol. The highest BCUT2D eigenvalue weighted by molar-refractivity contribution is 5.93. The summed E-state index contributed by atoms with van der Waals surface area (Å²) < 4.78 is 5.02. The van der Waals surface area contributed by atoms with Crippen LogP contribution in [0.1, 0.15) is 24.6 Å². The van der Waals surface area contributed by atoms with Gasteiger partial charge in [0, 0.05) is 19.2 Å². The summed E-state index contributed by atoms with van der Waals surface area (Å²) in [5.41, 5.74) is 3.09. The van der Waals surface area contributed by atoms with E-state index in [1.807, 2.05) is 26.0 Å². The van der Waals surface area contributed by atoms with Gasteiger partial charge in [-0.2, -0.15) is 0 Å². The van der Waals surface area contributed by atoms with Gasteiger partial charge in [0.1, 0.15) is 5.75 Å². The molecule has 0 bridgehead atoms. The van der Waals surface area contributed by atoms with Crippen LogP contribution < -0.4 is 5.32 Å². The van der Waals surface area contributed by atoms with Crippen LogP contribution in [0.4, 0.5) is 5.88 Å². The van der Waals surface area contributed by atoms with Gasteiger partial charge in [0.25, 0.3) is 0 Å².